The number of amides is 1. The van der Waals surface area contributed by atoms with Gasteiger partial charge < -0.3 is 19.5 Å². The van der Waals surface area contributed by atoms with Crippen molar-refractivity contribution in [2.24, 2.45) is 0 Å². The molecule has 1 aromatic rings. The minimum Gasteiger partial charge on any atom is -0.493 e. The smallest absolute Gasteiger partial charge is 0.407 e. The number of rotatable bonds is 3. The number of carbonyl (C=O) groups excluding carboxylic acids is 1. The second kappa shape index (κ2) is 6.73. The largest absolute Gasteiger partial charge is 0.493 e. The molecule has 1 fully saturated rings. The van der Waals surface area contributed by atoms with Crippen molar-refractivity contribution in [2.75, 3.05) is 20.8 Å². The summed E-state index contributed by atoms with van der Waals surface area (Å²) in [4.78, 5) is 11.2. The summed E-state index contributed by atoms with van der Waals surface area (Å²) in [6.07, 6.45) is 0.234. The first-order chi connectivity index (χ1) is 8.67. The van der Waals surface area contributed by atoms with E-state index in [0.29, 0.717) is 29.5 Å². The highest BCUT2D eigenvalue weighted by molar-refractivity contribution is 6.33. The third-order valence-electron chi connectivity index (χ3n) is 2.82. The molecule has 0 spiro atoms. The average molecular weight is 308 g/mol. The molecule has 0 saturated carbocycles. The van der Waals surface area contributed by atoms with Crippen LogP contribution in [0.5, 0.6) is 11.5 Å². The van der Waals surface area contributed by atoms with Gasteiger partial charge in [0.05, 0.1) is 31.9 Å². The second-order valence-corrected chi connectivity index (χ2v) is 4.20. The number of nitrogens with one attached hydrogen (secondary N) is 1. The second-order valence-electron chi connectivity index (χ2n) is 3.83. The molecule has 1 aliphatic rings. The molecule has 5 nitrogen and oxygen atoms in total. The third-order valence-corrected chi connectivity index (χ3v) is 3.21. The Morgan fingerprint density at radius 2 is 2.11 bits per heavy atom. The molecule has 1 atom stereocenters. The van der Waals surface area contributed by atoms with E-state index in [4.69, 9.17) is 25.8 Å². The Labute approximate surface area is 122 Å². The fourth-order valence-corrected chi connectivity index (χ4v) is 2.30. The fraction of sp³-hybridized carbons (Fsp3) is 0.417. The van der Waals surface area contributed by atoms with E-state index in [1.165, 1.54) is 7.11 Å². The van der Waals surface area contributed by atoms with Crippen LogP contribution in [0.15, 0.2) is 12.1 Å². The van der Waals surface area contributed by atoms with Crippen molar-refractivity contribution < 1.29 is 19.0 Å². The van der Waals surface area contributed by atoms with E-state index in [2.05, 4.69) is 5.32 Å². The van der Waals surface area contributed by atoms with Gasteiger partial charge in [-0.15, -0.1) is 12.4 Å². The Balaban J connectivity index is 0.00000180. The molecule has 1 N–H and O–H groups in total. The molecular weight excluding hydrogens is 293 g/mol. The summed E-state index contributed by atoms with van der Waals surface area (Å²) in [5.41, 5.74) is 0.797. The molecule has 0 aliphatic carbocycles. The van der Waals surface area contributed by atoms with Gasteiger partial charge >= 0.3 is 6.09 Å². The Bertz CT molecular complexity index is 467. The highest BCUT2D eigenvalue weighted by Crippen LogP contribution is 2.40. The Morgan fingerprint density at radius 1 is 1.37 bits per heavy atom. The third kappa shape index (κ3) is 3.16. The van der Waals surface area contributed by atoms with Gasteiger partial charge in [0.2, 0.25) is 0 Å². The van der Waals surface area contributed by atoms with E-state index in [0.717, 1.165) is 5.56 Å². The van der Waals surface area contributed by atoms with Crippen molar-refractivity contribution in [3.8, 4) is 11.5 Å². The molecular formula is C12H15Cl2NO4. The lowest BCUT2D eigenvalue weighted by atomic mass is 10.0. The van der Waals surface area contributed by atoms with Crippen LogP contribution in [0.25, 0.3) is 0 Å². The molecule has 19 heavy (non-hydrogen) atoms. The van der Waals surface area contributed by atoms with Crippen LogP contribution in [0.3, 0.4) is 0 Å². The zero-order chi connectivity index (χ0) is 13.1. The zero-order valence-corrected chi connectivity index (χ0v) is 12.1. The van der Waals surface area contributed by atoms with Crippen molar-refractivity contribution in [3.63, 3.8) is 0 Å². The van der Waals surface area contributed by atoms with Crippen LogP contribution in [0.2, 0.25) is 5.02 Å². The molecule has 106 valence electrons. The van der Waals surface area contributed by atoms with Crippen molar-refractivity contribution in [3.05, 3.63) is 22.7 Å². The molecule has 7 heteroatoms. The quantitative estimate of drug-likeness (QED) is 0.933. The van der Waals surface area contributed by atoms with Gasteiger partial charge in [-0.2, -0.15) is 0 Å². The summed E-state index contributed by atoms with van der Waals surface area (Å²) in [6, 6.07) is 3.42. The Hall–Kier alpha value is -1.33. The number of methoxy groups -OCH3 is 2. The van der Waals surface area contributed by atoms with E-state index >= 15 is 0 Å². The van der Waals surface area contributed by atoms with Crippen molar-refractivity contribution in [1.29, 1.82) is 0 Å². The predicted molar refractivity (Wildman–Crippen MR) is 73.6 cm³/mol. The number of hydrogen-bond acceptors (Lipinski definition) is 4. The van der Waals surface area contributed by atoms with Crippen LogP contribution in [0.1, 0.15) is 18.0 Å². The lowest BCUT2D eigenvalue weighted by Gasteiger charge is -2.25. The maximum atomic E-state index is 11.2. The van der Waals surface area contributed by atoms with Gasteiger partial charge in [-0.25, -0.2) is 4.79 Å². The molecule has 0 unspecified atom stereocenters. The number of alkyl carbamates (subject to hydrolysis) is 1. The van der Waals surface area contributed by atoms with Gasteiger partial charge in [0, 0.05) is 6.42 Å². The van der Waals surface area contributed by atoms with E-state index in [1.807, 2.05) is 6.07 Å². The maximum Gasteiger partial charge on any atom is 0.407 e. The SMILES string of the molecule is COc1ccc([C@H]2CCOC(=O)N2)c(Cl)c1OC.Cl. The van der Waals surface area contributed by atoms with Crippen LogP contribution < -0.4 is 14.8 Å². The van der Waals surface area contributed by atoms with E-state index in [-0.39, 0.29) is 18.4 Å². The molecule has 1 amide bonds. The molecule has 1 aliphatic heterocycles. The van der Waals surface area contributed by atoms with Crippen LogP contribution in [0, 0.1) is 0 Å². The van der Waals surface area contributed by atoms with Gasteiger partial charge in [0.15, 0.2) is 11.5 Å². The van der Waals surface area contributed by atoms with E-state index < -0.39 is 6.09 Å². The minimum absolute atomic E-state index is 0. The maximum absolute atomic E-state index is 11.2. The number of cyclic esters (lactones) is 1. The predicted octanol–water partition coefficient (Wildman–Crippen LogP) is 2.95. The highest BCUT2D eigenvalue weighted by atomic mass is 35.5. The molecule has 1 heterocycles. The van der Waals surface area contributed by atoms with Gasteiger partial charge in [0.1, 0.15) is 0 Å². The number of halogens is 2. The molecule has 1 saturated heterocycles. The fourth-order valence-electron chi connectivity index (χ4n) is 1.93. The van der Waals surface area contributed by atoms with Crippen molar-refractivity contribution >= 4 is 30.1 Å². The zero-order valence-electron chi connectivity index (χ0n) is 10.6. The van der Waals surface area contributed by atoms with Crippen molar-refractivity contribution in [1.82, 2.24) is 5.32 Å². The number of hydrogen-bond donors (Lipinski definition) is 1. The summed E-state index contributed by atoms with van der Waals surface area (Å²) in [5, 5.41) is 3.17. The minimum atomic E-state index is -0.433. The molecule has 0 radical (unpaired) electrons. The summed E-state index contributed by atoms with van der Waals surface area (Å²) in [7, 11) is 3.07. The first-order valence-electron chi connectivity index (χ1n) is 5.51. The average Bonchev–Trinajstić information content (AvgIpc) is 2.38. The number of benzene rings is 1. The summed E-state index contributed by atoms with van der Waals surface area (Å²) in [6.45, 7) is 0.376. The molecule has 2 rings (SSSR count). The first kappa shape index (κ1) is 15.7. The van der Waals surface area contributed by atoms with Crippen LogP contribution in [-0.2, 0) is 4.74 Å². The Morgan fingerprint density at radius 3 is 2.68 bits per heavy atom. The molecule has 0 bridgehead atoms. The highest BCUT2D eigenvalue weighted by Gasteiger charge is 2.25. The molecule has 0 aromatic heterocycles. The summed E-state index contributed by atoms with van der Waals surface area (Å²) >= 11 is 6.28. The normalized spacial score (nSPS) is 17.8. The lowest BCUT2D eigenvalue weighted by molar-refractivity contribution is 0.115. The standard InChI is InChI=1S/C12H14ClNO4.ClH/c1-16-9-4-3-7(10(13)11(9)17-2)8-5-6-18-12(15)14-8;/h3-4,8H,5-6H2,1-2H3,(H,14,15);1H/t8-;/m1./s1. The number of ether oxygens (including phenoxy) is 3. The first-order valence-corrected chi connectivity index (χ1v) is 5.88. The van der Waals surface area contributed by atoms with Crippen LogP contribution in [-0.4, -0.2) is 26.9 Å². The number of carbonyl (C=O) groups is 1. The van der Waals surface area contributed by atoms with Gasteiger partial charge in [-0.05, 0) is 11.6 Å². The monoisotopic (exact) mass is 307 g/mol. The lowest BCUT2D eigenvalue weighted by Crippen LogP contribution is -2.35. The topological polar surface area (TPSA) is 56.8 Å². The van der Waals surface area contributed by atoms with Crippen molar-refractivity contribution in [2.45, 2.75) is 12.5 Å². The van der Waals surface area contributed by atoms with E-state index in [9.17, 15) is 4.79 Å². The van der Waals surface area contributed by atoms with Crippen LogP contribution >= 0.6 is 24.0 Å². The van der Waals surface area contributed by atoms with Gasteiger partial charge in [0.25, 0.3) is 0 Å². The van der Waals surface area contributed by atoms with Gasteiger partial charge in [-0.3, -0.25) is 0 Å². The van der Waals surface area contributed by atoms with E-state index in [1.54, 1.807) is 13.2 Å². The molecule has 1 aromatic carbocycles. The van der Waals surface area contributed by atoms with Gasteiger partial charge in [-0.1, -0.05) is 17.7 Å². The summed E-state index contributed by atoms with van der Waals surface area (Å²) in [5.74, 6) is 1.03. The summed E-state index contributed by atoms with van der Waals surface area (Å²) < 4.78 is 15.2. The Kier molecular flexibility index (Phi) is 5.57. The van der Waals surface area contributed by atoms with Crippen LogP contribution in [0.4, 0.5) is 4.79 Å².